The summed E-state index contributed by atoms with van der Waals surface area (Å²) in [5.41, 5.74) is 2.15. The average Bonchev–Trinajstić information content (AvgIpc) is 3.01. The minimum Gasteiger partial charge on any atom is -0.432 e. The summed E-state index contributed by atoms with van der Waals surface area (Å²) in [6.45, 7) is 0. The van der Waals surface area contributed by atoms with Gasteiger partial charge in [-0.05, 0) is 24.3 Å². The average molecular weight is 344 g/mol. The van der Waals surface area contributed by atoms with Crippen LogP contribution in [0, 0.1) is 0 Å². The number of rotatable bonds is 3. The van der Waals surface area contributed by atoms with E-state index in [1.165, 1.54) is 12.5 Å². The standard InChI is InChI=1S/C15H10BrN3O2/c16-12-3-1-10(2-4-12)13-9-11(5-6-17-13)14(20)19-15-18-7-8-21-15/h1-9H,(H,18,19,20). The number of oxazole rings is 1. The Morgan fingerprint density at radius 1 is 1.10 bits per heavy atom. The van der Waals surface area contributed by atoms with Gasteiger partial charge in [-0.15, -0.1) is 0 Å². The van der Waals surface area contributed by atoms with E-state index in [-0.39, 0.29) is 11.9 Å². The second kappa shape index (κ2) is 5.88. The van der Waals surface area contributed by atoms with Crippen LogP contribution < -0.4 is 5.32 Å². The van der Waals surface area contributed by atoms with Gasteiger partial charge in [0.2, 0.25) is 0 Å². The summed E-state index contributed by atoms with van der Waals surface area (Å²) < 4.78 is 5.98. The molecule has 0 bridgehead atoms. The van der Waals surface area contributed by atoms with Gasteiger partial charge in [-0.25, -0.2) is 4.98 Å². The first-order chi connectivity index (χ1) is 10.2. The molecule has 1 aromatic carbocycles. The second-order valence-electron chi connectivity index (χ2n) is 4.23. The molecule has 0 fully saturated rings. The van der Waals surface area contributed by atoms with Crippen LogP contribution in [0.25, 0.3) is 11.3 Å². The first kappa shape index (κ1) is 13.5. The lowest BCUT2D eigenvalue weighted by Gasteiger charge is -2.04. The molecule has 0 saturated heterocycles. The number of anilines is 1. The van der Waals surface area contributed by atoms with Gasteiger partial charge in [0.25, 0.3) is 5.91 Å². The SMILES string of the molecule is O=C(Nc1ncco1)c1ccnc(-c2ccc(Br)cc2)c1. The molecule has 0 saturated carbocycles. The number of nitrogens with one attached hydrogen (secondary N) is 1. The minimum atomic E-state index is -0.293. The molecule has 3 rings (SSSR count). The van der Waals surface area contributed by atoms with Gasteiger partial charge in [0.15, 0.2) is 0 Å². The minimum absolute atomic E-state index is 0.169. The molecule has 0 unspecified atom stereocenters. The maximum atomic E-state index is 12.1. The first-order valence-electron chi connectivity index (χ1n) is 6.15. The van der Waals surface area contributed by atoms with Crippen molar-refractivity contribution < 1.29 is 9.21 Å². The van der Waals surface area contributed by atoms with Crippen molar-refractivity contribution in [3.05, 3.63) is 65.1 Å². The maximum Gasteiger partial charge on any atom is 0.301 e. The summed E-state index contributed by atoms with van der Waals surface area (Å²) in [5, 5.41) is 2.57. The fourth-order valence-corrected chi connectivity index (χ4v) is 2.07. The Labute approximate surface area is 129 Å². The summed E-state index contributed by atoms with van der Waals surface area (Å²) in [6.07, 6.45) is 4.46. The van der Waals surface area contributed by atoms with Gasteiger partial charge in [0, 0.05) is 21.8 Å². The van der Waals surface area contributed by atoms with Crippen LogP contribution in [-0.2, 0) is 0 Å². The lowest BCUT2D eigenvalue weighted by Crippen LogP contribution is -2.12. The molecule has 0 aliphatic heterocycles. The fraction of sp³-hybridized carbons (Fsp3) is 0. The number of nitrogens with zero attached hydrogens (tertiary/aromatic N) is 2. The molecule has 0 radical (unpaired) electrons. The third-order valence-corrected chi connectivity index (χ3v) is 3.34. The van der Waals surface area contributed by atoms with E-state index < -0.39 is 0 Å². The highest BCUT2D eigenvalue weighted by atomic mass is 79.9. The molecule has 1 N–H and O–H groups in total. The highest BCUT2D eigenvalue weighted by Gasteiger charge is 2.10. The zero-order valence-electron chi connectivity index (χ0n) is 10.8. The lowest BCUT2D eigenvalue weighted by molar-refractivity contribution is 0.102. The van der Waals surface area contributed by atoms with E-state index in [0.29, 0.717) is 5.56 Å². The Morgan fingerprint density at radius 3 is 2.62 bits per heavy atom. The van der Waals surface area contributed by atoms with Crippen molar-refractivity contribution in [3.8, 4) is 11.3 Å². The summed E-state index contributed by atoms with van der Waals surface area (Å²) >= 11 is 3.39. The zero-order valence-corrected chi connectivity index (χ0v) is 12.4. The van der Waals surface area contributed by atoms with Crippen LogP contribution >= 0.6 is 15.9 Å². The lowest BCUT2D eigenvalue weighted by atomic mass is 10.1. The fourth-order valence-electron chi connectivity index (χ4n) is 1.80. The van der Waals surface area contributed by atoms with E-state index >= 15 is 0 Å². The molecule has 104 valence electrons. The number of halogens is 1. The molecule has 6 heteroatoms. The van der Waals surface area contributed by atoms with Gasteiger partial charge in [-0.1, -0.05) is 28.1 Å². The molecule has 1 amide bonds. The van der Waals surface area contributed by atoms with Crippen LogP contribution in [0.5, 0.6) is 0 Å². The van der Waals surface area contributed by atoms with Crippen molar-refractivity contribution in [3.63, 3.8) is 0 Å². The Morgan fingerprint density at radius 2 is 1.90 bits per heavy atom. The highest BCUT2D eigenvalue weighted by molar-refractivity contribution is 9.10. The van der Waals surface area contributed by atoms with Crippen molar-refractivity contribution in [2.24, 2.45) is 0 Å². The third kappa shape index (κ3) is 3.17. The Bertz CT molecular complexity index is 755. The van der Waals surface area contributed by atoms with Crippen molar-refractivity contribution in [2.75, 3.05) is 5.32 Å². The number of hydrogen-bond acceptors (Lipinski definition) is 4. The van der Waals surface area contributed by atoms with Crippen LogP contribution in [-0.4, -0.2) is 15.9 Å². The second-order valence-corrected chi connectivity index (χ2v) is 5.14. The molecule has 0 spiro atoms. The van der Waals surface area contributed by atoms with E-state index in [1.54, 1.807) is 18.3 Å². The topological polar surface area (TPSA) is 68.0 Å². The van der Waals surface area contributed by atoms with Crippen LogP contribution in [0.2, 0.25) is 0 Å². The number of benzene rings is 1. The number of carbonyl (C=O) groups excluding carboxylic acids is 1. The third-order valence-electron chi connectivity index (χ3n) is 2.81. The van der Waals surface area contributed by atoms with Crippen LogP contribution in [0.1, 0.15) is 10.4 Å². The van der Waals surface area contributed by atoms with Crippen molar-refractivity contribution in [1.82, 2.24) is 9.97 Å². The van der Waals surface area contributed by atoms with Crippen LogP contribution in [0.3, 0.4) is 0 Å². The van der Waals surface area contributed by atoms with Crippen LogP contribution in [0.4, 0.5) is 6.01 Å². The van der Waals surface area contributed by atoms with E-state index in [4.69, 9.17) is 4.42 Å². The Balaban J connectivity index is 1.86. The number of pyridine rings is 1. The number of hydrogen-bond donors (Lipinski definition) is 1. The zero-order chi connectivity index (χ0) is 14.7. The smallest absolute Gasteiger partial charge is 0.301 e. The monoisotopic (exact) mass is 343 g/mol. The van der Waals surface area contributed by atoms with Gasteiger partial charge >= 0.3 is 6.01 Å². The van der Waals surface area contributed by atoms with E-state index in [0.717, 1.165) is 15.7 Å². The van der Waals surface area contributed by atoms with Crippen molar-refractivity contribution >= 4 is 27.9 Å². The Hall–Kier alpha value is -2.47. The number of aromatic nitrogens is 2. The summed E-state index contributed by atoms with van der Waals surface area (Å²) in [7, 11) is 0. The Kier molecular flexibility index (Phi) is 3.79. The molecule has 0 aliphatic rings. The van der Waals surface area contributed by atoms with Crippen LogP contribution in [0.15, 0.2) is 63.9 Å². The molecule has 0 aliphatic carbocycles. The van der Waals surface area contributed by atoms with Gasteiger partial charge in [0.1, 0.15) is 6.26 Å². The van der Waals surface area contributed by atoms with Crippen molar-refractivity contribution in [1.29, 1.82) is 0 Å². The number of carbonyl (C=O) groups is 1. The van der Waals surface area contributed by atoms with E-state index in [1.807, 2.05) is 24.3 Å². The molecular formula is C15H10BrN3O2. The van der Waals surface area contributed by atoms with E-state index in [9.17, 15) is 4.79 Å². The highest BCUT2D eigenvalue weighted by Crippen LogP contribution is 2.21. The van der Waals surface area contributed by atoms with Gasteiger partial charge in [-0.2, -0.15) is 0 Å². The molecule has 3 aromatic rings. The van der Waals surface area contributed by atoms with Gasteiger partial charge in [0.05, 0.1) is 11.9 Å². The predicted octanol–water partition coefficient (Wildman–Crippen LogP) is 3.75. The molecule has 5 nitrogen and oxygen atoms in total. The first-order valence-corrected chi connectivity index (χ1v) is 6.94. The molecule has 0 atom stereocenters. The quantitative estimate of drug-likeness (QED) is 0.786. The van der Waals surface area contributed by atoms with Gasteiger partial charge in [-0.3, -0.25) is 15.1 Å². The van der Waals surface area contributed by atoms with E-state index in [2.05, 4.69) is 31.2 Å². The molecule has 2 aromatic heterocycles. The number of amides is 1. The summed E-state index contributed by atoms with van der Waals surface area (Å²) in [5.74, 6) is -0.293. The molecule has 2 heterocycles. The van der Waals surface area contributed by atoms with Gasteiger partial charge < -0.3 is 4.42 Å². The normalized spacial score (nSPS) is 10.3. The molecule has 21 heavy (non-hydrogen) atoms. The maximum absolute atomic E-state index is 12.1. The summed E-state index contributed by atoms with van der Waals surface area (Å²) in [6, 6.07) is 11.3. The molecular weight excluding hydrogens is 334 g/mol. The van der Waals surface area contributed by atoms with Crippen molar-refractivity contribution in [2.45, 2.75) is 0 Å². The predicted molar refractivity (Wildman–Crippen MR) is 81.8 cm³/mol. The summed E-state index contributed by atoms with van der Waals surface area (Å²) in [4.78, 5) is 20.2. The largest absolute Gasteiger partial charge is 0.432 e.